The van der Waals surface area contributed by atoms with Gasteiger partial charge in [-0.2, -0.15) is 0 Å². The number of fused-ring (bicyclic) bond motifs is 1. The Morgan fingerprint density at radius 3 is 2.61 bits per heavy atom. The van der Waals surface area contributed by atoms with Crippen LogP contribution in [0, 0.1) is 5.92 Å². The van der Waals surface area contributed by atoms with Crippen molar-refractivity contribution in [2.45, 2.75) is 20.0 Å². The molecule has 4 nitrogen and oxygen atoms in total. The lowest BCUT2D eigenvalue weighted by Crippen LogP contribution is -2.38. The zero-order chi connectivity index (χ0) is 13.4. The van der Waals surface area contributed by atoms with Crippen molar-refractivity contribution in [1.82, 2.24) is 0 Å². The third-order valence-corrected chi connectivity index (χ3v) is 3.72. The van der Waals surface area contributed by atoms with Gasteiger partial charge in [0, 0.05) is 4.47 Å². The number of anilines is 1. The first-order chi connectivity index (χ1) is 8.43. The number of benzene rings is 1. The van der Waals surface area contributed by atoms with Crippen molar-refractivity contribution in [3.63, 3.8) is 0 Å². The van der Waals surface area contributed by atoms with Crippen LogP contribution in [0.2, 0.25) is 0 Å². The monoisotopic (exact) mass is 311 g/mol. The van der Waals surface area contributed by atoms with E-state index in [1.165, 1.54) is 4.90 Å². The topological polar surface area (TPSA) is 57.6 Å². The molecule has 1 aromatic carbocycles. The van der Waals surface area contributed by atoms with Gasteiger partial charge in [-0.15, -0.1) is 0 Å². The quantitative estimate of drug-likeness (QED) is 0.869. The molecule has 0 aromatic heterocycles. The molecule has 1 atom stereocenters. The molecule has 96 valence electrons. The third kappa shape index (κ3) is 2.08. The predicted octanol–water partition coefficient (Wildman–Crippen LogP) is 2.00. The molecule has 0 aliphatic carbocycles. The molecule has 0 saturated carbocycles. The first-order valence-electron chi connectivity index (χ1n) is 5.76. The summed E-state index contributed by atoms with van der Waals surface area (Å²) in [6, 6.07) is 5.12. The van der Waals surface area contributed by atoms with Crippen molar-refractivity contribution in [2.24, 2.45) is 5.92 Å². The lowest BCUT2D eigenvalue weighted by atomic mass is 10.1. The van der Waals surface area contributed by atoms with Crippen LogP contribution in [0.5, 0.6) is 0 Å². The fourth-order valence-corrected chi connectivity index (χ4v) is 2.46. The molecule has 0 bridgehead atoms. The number of para-hydroxylation sites is 1. The Balaban J connectivity index is 2.39. The van der Waals surface area contributed by atoms with Crippen LogP contribution in [0.15, 0.2) is 22.7 Å². The number of rotatable bonds is 3. The summed E-state index contributed by atoms with van der Waals surface area (Å²) in [6.07, 6.45) is -0.653. The van der Waals surface area contributed by atoms with Gasteiger partial charge in [-0.25, -0.2) is 0 Å². The van der Waals surface area contributed by atoms with Crippen molar-refractivity contribution in [1.29, 1.82) is 0 Å². The molecule has 1 heterocycles. The SMILES string of the molecule is CC(C)C(O)CN1C(=O)C(=O)c2cccc(Br)c21. The van der Waals surface area contributed by atoms with E-state index in [1.54, 1.807) is 18.2 Å². The maximum absolute atomic E-state index is 11.9. The number of Topliss-reactive ketones (excluding diaryl/α,β-unsaturated/α-hetero) is 1. The molecular formula is C13H14BrNO3. The van der Waals surface area contributed by atoms with Gasteiger partial charge in [-0.05, 0) is 34.0 Å². The smallest absolute Gasteiger partial charge is 0.299 e. The molecule has 1 N–H and O–H groups in total. The fourth-order valence-electron chi connectivity index (χ4n) is 1.88. The molecule has 18 heavy (non-hydrogen) atoms. The number of aliphatic hydroxyl groups is 1. The first kappa shape index (κ1) is 13.2. The van der Waals surface area contributed by atoms with Crippen LogP contribution in [0.1, 0.15) is 24.2 Å². The standard InChI is InChI=1S/C13H14BrNO3/c1-7(2)10(16)6-15-11-8(12(17)13(15)18)4-3-5-9(11)14/h3-5,7,10,16H,6H2,1-2H3. The van der Waals surface area contributed by atoms with Crippen molar-refractivity contribution < 1.29 is 14.7 Å². The Bertz CT molecular complexity index is 513. The summed E-state index contributed by atoms with van der Waals surface area (Å²) < 4.78 is 0.690. The number of nitrogens with zero attached hydrogens (tertiary/aromatic N) is 1. The predicted molar refractivity (Wildman–Crippen MR) is 71.7 cm³/mol. The molecule has 1 aliphatic rings. The zero-order valence-electron chi connectivity index (χ0n) is 10.2. The van der Waals surface area contributed by atoms with E-state index in [0.717, 1.165) is 0 Å². The number of β-amino-alcohol motifs (C(OH)–C–C–N with tert-alkyl or cyclic N) is 1. The average molecular weight is 312 g/mol. The van der Waals surface area contributed by atoms with Crippen molar-refractivity contribution >= 4 is 33.3 Å². The van der Waals surface area contributed by atoms with Crippen LogP contribution in [0.25, 0.3) is 0 Å². The third-order valence-electron chi connectivity index (χ3n) is 3.08. The van der Waals surface area contributed by atoms with Gasteiger partial charge in [0.05, 0.1) is 23.9 Å². The summed E-state index contributed by atoms with van der Waals surface area (Å²) in [7, 11) is 0. The summed E-state index contributed by atoms with van der Waals surface area (Å²) in [6.45, 7) is 3.87. The zero-order valence-corrected chi connectivity index (χ0v) is 11.8. The van der Waals surface area contributed by atoms with Gasteiger partial charge < -0.3 is 10.0 Å². The number of carbonyl (C=O) groups excluding carboxylic acids is 2. The van der Waals surface area contributed by atoms with E-state index in [9.17, 15) is 14.7 Å². The number of halogens is 1. The molecule has 0 saturated heterocycles. The minimum Gasteiger partial charge on any atom is -0.391 e. The molecule has 1 aromatic rings. The second-order valence-corrected chi connectivity index (χ2v) is 5.55. The number of hydrogen-bond donors (Lipinski definition) is 1. The minimum atomic E-state index is -0.653. The first-order valence-corrected chi connectivity index (χ1v) is 6.55. The largest absolute Gasteiger partial charge is 0.391 e. The van der Waals surface area contributed by atoms with Gasteiger partial charge in [0.2, 0.25) is 0 Å². The fraction of sp³-hybridized carbons (Fsp3) is 0.385. The lowest BCUT2D eigenvalue weighted by molar-refractivity contribution is -0.114. The van der Waals surface area contributed by atoms with Crippen LogP contribution >= 0.6 is 15.9 Å². The Hall–Kier alpha value is -1.20. The normalized spacial score (nSPS) is 16.4. The molecule has 5 heteroatoms. The molecule has 2 rings (SSSR count). The maximum Gasteiger partial charge on any atom is 0.299 e. The van der Waals surface area contributed by atoms with Crippen LogP contribution in [-0.2, 0) is 4.79 Å². The van der Waals surface area contributed by atoms with Gasteiger partial charge in [0.1, 0.15) is 0 Å². The summed E-state index contributed by atoms with van der Waals surface area (Å²) >= 11 is 3.34. The van der Waals surface area contributed by atoms with E-state index >= 15 is 0 Å². The van der Waals surface area contributed by atoms with Crippen molar-refractivity contribution in [3.05, 3.63) is 28.2 Å². The van der Waals surface area contributed by atoms with E-state index in [0.29, 0.717) is 15.7 Å². The second-order valence-electron chi connectivity index (χ2n) is 4.69. The van der Waals surface area contributed by atoms with Crippen LogP contribution in [-0.4, -0.2) is 29.4 Å². The van der Waals surface area contributed by atoms with E-state index in [-0.39, 0.29) is 12.5 Å². The summed E-state index contributed by atoms with van der Waals surface area (Å²) in [5.74, 6) is -1.06. The highest BCUT2D eigenvalue weighted by Gasteiger charge is 2.38. The number of ketones is 1. The number of amides is 1. The number of aliphatic hydroxyl groups excluding tert-OH is 1. The second kappa shape index (κ2) is 4.82. The van der Waals surface area contributed by atoms with Gasteiger partial charge in [0.25, 0.3) is 11.7 Å². The summed E-state index contributed by atoms with van der Waals surface area (Å²) in [4.78, 5) is 25.1. The van der Waals surface area contributed by atoms with E-state index in [1.807, 2.05) is 13.8 Å². The highest BCUT2D eigenvalue weighted by Crippen LogP contribution is 2.36. The maximum atomic E-state index is 11.9. The highest BCUT2D eigenvalue weighted by atomic mass is 79.9. The van der Waals surface area contributed by atoms with Crippen molar-refractivity contribution in [3.8, 4) is 0 Å². The summed E-state index contributed by atoms with van der Waals surface area (Å²) in [5, 5.41) is 9.89. The number of hydrogen-bond acceptors (Lipinski definition) is 3. The molecule has 0 spiro atoms. The Labute approximate surface area is 114 Å². The minimum absolute atomic E-state index is 0.0273. The Morgan fingerprint density at radius 2 is 2.00 bits per heavy atom. The molecular weight excluding hydrogens is 298 g/mol. The molecule has 1 unspecified atom stereocenters. The number of carbonyl (C=O) groups is 2. The van der Waals surface area contributed by atoms with E-state index in [2.05, 4.69) is 15.9 Å². The van der Waals surface area contributed by atoms with E-state index < -0.39 is 17.8 Å². The van der Waals surface area contributed by atoms with Crippen molar-refractivity contribution in [2.75, 3.05) is 11.4 Å². The van der Waals surface area contributed by atoms with Gasteiger partial charge in [-0.3, -0.25) is 9.59 Å². The van der Waals surface area contributed by atoms with E-state index in [4.69, 9.17) is 0 Å². The molecule has 0 radical (unpaired) electrons. The Kier molecular flexibility index (Phi) is 3.54. The molecule has 1 aliphatic heterocycles. The van der Waals surface area contributed by atoms with Crippen LogP contribution in [0.4, 0.5) is 5.69 Å². The Morgan fingerprint density at radius 1 is 1.33 bits per heavy atom. The van der Waals surface area contributed by atoms with Crippen LogP contribution < -0.4 is 4.90 Å². The van der Waals surface area contributed by atoms with Gasteiger partial charge in [0.15, 0.2) is 0 Å². The summed E-state index contributed by atoms with van der Waals surface area (Å²) in [5.41, 5.74) is 0.956. The lowest BCUT2D eigenvalue weighted by Gasteiger charge is -2.23. The van der Waals surface area contributed by atoms with Crippen LogP contribution in [0.3, 0.4) is 0 Å². The molecule has 0 fully saturated rings. The van der Waals surface area contributed by atoms with Gasteiger partial charge in [-0.1, -0.05) is 19.9 Å². The molecule has 1 amide bonds. The van der Waals surface area contributed by atoms with Gasteiger partial charge >= 0.3 is 0 Å². The average Bonchev–Trinajstić information content (AvgIpc) is 2.56. The highest BCUT2D eigenvalue weighted by molar-refractivity contribution is 9.10.